The third kappa shape index (κ3) is 5.47. The Bertz CT molecular complexity index is 933. The molecule has 7 nitrogen and oxygen atoms in total. The number of halogens is 1. The van der Waals surface area contributed by atoms with Crippen LogP contribution in [0.25, 0.3) is 0 Å². The largest absolute Gasteiger partial charge is 0.497 e. The van der Waals surface area contributed by atoms with E-state index in [9.17, 15) is 4.79 Å². The van der Waals surface area contributed by atoms with Crippen LogP contribution in [0.5, 0.6) is 5.75 Å². The van der Waals surface area contributed by atoms with Crippen molar-refractivity contribution in [3.8, 4) is 5.75 Å². The van der Waals surface area contributed by atoms with E-state index in [2.05, 4.69) is 36.8 Å². The SMILES string of the molecule is COc1ccc(SCC(=O)Nc2cc(Br)ccc2Sc2nnnn2C)cc1. The van der Waals surface area contributed by atoms with E-state index in [0.29, 0.717) is 16.6 Å². The Labute approximate surface area is 173 Å². The third-order valence-corrected chi connectivity index (χ3v) is 6.04. The molecule has 3 aromatic rings. The molecule has 0 aliphatic heterocycles. The van der Waals surface area contributed by atoms with Crippen LogP contribution < -0.4 is 10.1 Å². The van der Waals surface area contributed by atoms with Crippen molar-refractivity contribution in [2.75, 3.05) is 18.2 Å². The Hall–Kier alpha value is -2.04. The number of hydrogen-bond donors (Lipinski definition) is 1. The number of tetrazole rings is 1. The van der Waals surface area contributed by atoms with E-state index in [-0.39, 0.29) is 5.91 Å². The molecule has 2 aromatic carbocycles. The van der Waals surface area contributed by atoms with Gasteiger partial charge < -0.3 is 10.1 Å². The van der Waals surface area contributed by atoms with Gasteiger partial charge in [0.1, 0.15) is 5.75 Å². The number of rotatable bonds is 7. The normalized spacial score (nSPS) is 10.6. The molecule has 0 spiro atoms. The third-order valence-electron chi connectivity index (χ3n) is 3.43. The van der Waals surface area contributed by atoms with Gasteiger partial charge in [-0.15, -0.1) is 16.9 Å². The van der Waals surface area contributed by atoms with E-state index in [1.54, 1.807) is 18.8 Å². The first-order valence-corrected chi connectivity index (χ1v) is 10.4. The summed E-state index contributed by atoms with van der Waals surface area (Å²) >= 11 is 6.29. The van der Waals surface area contributed by atoms with E-state index in [4.69, 9.17) is 4.74 Å². The fourth-order valence-electron chi connectivity index (χ4n) is 2.10. The van der Waals surface area contributed by atoms with Crippen molar-refractivity contribution in [2.45, 2.75) is 14.9 Å². The van der Waals surface area contributed by atoms with Gasteiger partial charge in [-0.2, -0.15) is 0 Å². The van der Waals surface area contributed by atoms with Gasteiger partial charge in [-0.1, -0.05) is 15.9 Å². The fraction of sp³-hybridized carbons (Fsp3) is 0.176. The van der Waals surface area contributed by atoms with Gasteiger partial charge in [-0.05, 0) is 64.7 Å². The first kappa shape index (κ1) is 19.7. The van der Waals surface area contributed by atoms with Crippen LogP contribution >= 0.6 is 39.5 Å². The Morgan fingerprint density at radius 1 is 1.26 bits per heavy atom. The monoisotopic (exact) mass is 465 g/mol. The van der Waals surface area contributed by atoms with E-state index in [1.165, 1.54) is 23.5 Å². The lowest BCUT2D eigenvalue weighted by molar-refractivity contribution is -0.113. The number of nitrogens with one attached hydrogen (secondary N) is 1. The quantitative estimate of drug-likeness (QED) is 0.530. The zero-order valence-electron chi connectivity index (χ0n) is 14.5. The van der Waals surface area contributed by atoms with Gasteiger partial charge in [-0.3, -0.25) is 4.79 Å². The van der Waals surface area contributed by atoms with Gasteiger partial charge in [0.05, 0.1) is 18.6 Å². The smallest absolute Gasteiger partial charge is 0.234 e. The number of amides is 1. The molecule has 1 aromatic heterocycles. The van der Waals surface area contributed by atoms with Crippen LogP contribution in [0, 0.1) is 0 Å². The van der Waals surface area contributed by atoms with E-state index < -0.39 is 0 Å². The molecular weight excluding hydrogens is 450 g/mol. The summed E-state index contributed by atoms with van der Waals surface area (Å²) in [6, 6.07) is 13.3. The van der Waals surface area contributed by atoms with Crippen molar-refractivity contribution < 1.29 is 9.53 Å². The Balaban J connectivity index is 1.65. The minimum absolute atomic E-state index is 0.0909. The lowest BCUT2D eigenvalue weighted by Gasteiger charge is -2.11. The van der Waals surface area contributed by atoms with Crippen molar-refractivity contribution in [1.82, 2.24) is 20.2 Å². The van der Waals surface area contributed by atoms with E-state index >= 15 is 0 Å². The second-order valence-electron chi connectivity index (χ2n) is 5.34. The molecule has 0 bridgehead atoms. The van der Waals surface area contributed by atoms with Crippen molar-refractivity contribution in [1.29, 1.82) is 0 Å². The van der Waals surface area contributed by atoms with Crippen molar-refractivity contribution >= 4 is 51.0 Å². The summed E-state index contributed by atoms with van der Waals surface area (Å²) in [5.74, 6) is 0.999. The summed E-state index contributed by atoms with van der Waals surface area (Å²) in [4.78, 5) is 14.3. The number of benzene rings is 2. The minimum Gasteiger partial charge on any atom is -0.497 e. The standard InChI is InChI=1S/C17H16BrN5O2S2/c1-23-17(20-21-22-23)27-15-8-3-11(18)9-14(15)19-16(24)10-26-13-6-4-12(25-2)5-7-13/h3-9H,10H2,1-2H3,(H,19,24). The van der Waals surface area contributed by atoms with Gasteiger partial charge in [0.2, 0.25) is 11.1 Å². The summed E-state index contributed by atoms with van der Waals surface area (Å²) < 4.78 is 7.60. The minimum atomic E-state index is -0.0909. The zero-order valence-corrected chi connectivity index (χ0v) is 17.8. The number of ether oxygens (including phenoxy) is 1. The molecule has 0 aliphatic carbocycles. The Morgan fingerprint density at radius 2 is 2.04 bits per heavy atom. The van der Waals surface area contributed by atoms with Crippen molar-refractivity contribution in [2.24, 2.45) is 7.05 Å². The summed E-state index contributed by atoms with van der Waals surface area (Å²) in [6.07, 6.45) is 0. The first-order valence-electron chi connectivity index (χ1n) is 7.81. The van der Waals surface area contributed by atoms with Gasteiger partial charge in [0.15, 0.2) is 0 Å². The van der Waals surface area contributed by atoms with Crippen LogP contribution in [-0.2, 0) is 11.8 Å². The van der Waals surface area contributed by atoms with E-state index in [1.807, 2.05) is 42.5 Å². The summed E-state index contributed by atoms with van der Waals surface area (Å²) in [7, 11) is 3.39. The number of aromatic nitrogens is 4. The summed E-state index contributed by atoms with van der Waals surface area (Å²) in [5, 5.41) is 15.0. The average molecular weight is 466 g/mol. The molecule has 1 N–H and O–H groups in total. The molecule has 0 fully saturated rings. The second-order valence-corrected chi connectivity index (χ2v) is 8.31. The molecule has 27 heavy (non-hydrogen) atoms. The second kappa shape index (κ2) is 9.25. The first-order chi connectivity index (χ1) is 13.0. The van der Waals surface area contributed by atoms with E-state index in [0.717, 1.165) is 20.0 Å². The van der Waals surface area contributed by atoms with Gasteiger partial charge in [0.25, 0.3) is 0 Å². The lowest BCUT2D eigenvalue weighted by Crippen LogP contribution is -2.14. The van der Waals surface area contributed by atoms with Crippen molar-refractivity contribution in [3.63, 3.8) is 0 Å². The number of thioether (sulfide) groups is 1. The Morgan fingerprint density at radius 3 is 2.70 bits per heavy atom. The predicted molar refractivity (Wildman–Crippen MR) is 109 cm³/mol. The predicted octanol–water partition coefficient (Wildman–Crippen LogP) is 3.86. The highest BCUT2D eigenvalue weighted by Gasteiger charge is 2.12. The number of carbonyl (C=O) groups is 1. The van der Waals surface area contributed by atoms with Gasteiger partial charge in [0, 0.05) is 21.3 Å². The number of methoxy groups -OCH3 is 1. The number of carbonyl (C=O) groups excluding carboxylic acids is 1. The van der Waals surface area contributed by atoms with Crippen LogP contribution in [0.4, 0.5) is 5.69 Å². The highest BCUT2D eigenvalue weighted by molar-refractivity contribution is 9.10. The molecule has 140 valence electrons. The van der Waals surface area contributed by atoms with Gasteiger partial charge >= 0.3 is 0 Å². The van der Waals surface area contributed by atoms with Crippen LogP contribution in [0.15, 0.2) is 61.9 Å². The molecule has 0 saturated heterocycles. The van der Waals surface area contributed by atoms with Crippen LogP contribution in [-0.4, -0.2) is 39.0 Å². The van der Waals surface area contributed by atoms with Crippen molar-refractivity contribution in [3.05, 3.63) is 46.9 Å². The number of aryl methyl sites for hydroxylation is 1. The topological polar surface area (TPSA) is 81.9 Å². The molecule has 1 amide bonds. The maximum absolute atomic E-state index is 12.4. The molecule has 1 heterocycles. The molecule has 0 aliphatic rings. The number of hydrogen-bond acceptors (Lipinski definition) is 7. The lowest BCUT2D eigenvalue weighted by atomic mass is 10.3. The summed E-state index contributed by atoms with van der Waals surface area (Å²) in [6.45, 7) is 0. The zero-order chi connectivity index (χ0) is 19.2. The van der Waals surface area contributed by atoms with Crippen LogP contribution in [0.2, 0.25) is 0 Å². The molecule has 0 unspecified atom stereocenters. The highest BCUT2D eigenvalue weighted by Crippen LogP contribution is 2.34. The number of nitrogens with zero attached hydrogens (tertiary/aromatic N) is 4. The highest BCUT2D eigenvalue weighted by atomic mass is 79.9. The number of anilines is 1. The van der Waals surface area contributed by atoms with Crippen LogP contribution in [0.3, 0.4) is 0 Å². The molecule has 3 rings (SSSR count). The average Bonchev–Trinajstić information content (AvgIpc) is 3.07. The molecule has 0 radical (unpaired) electrons. The molecule has 0 atom stereocenters. The van der Waals surface area contributed by atoms with Crippen LogP contribution in [0.1, 0.15) is 0 Å². The van der Waals surface area contributed by atoms with Gasteiger partial charge in [-0.25, -0.2) is 4.68 Å². The molecule has 0 saturated carbocycles. The maximum atomic E-state index is 12.4. The fourth-order valence-corrected chi connectivity index (χ4v) is 3.96. The molecular formula is C17H16BrN5O2S2. The maximum Gasteiger partial charge on any atom is 0.234 e. The Kier molecular flexibility index (Phi) is 6.75. The summed E-state index contributed by atoms with van der Waals surface area (Å²) in [5.41, 5.74) is 0.706. The molecule has 10 heteroatoms.